The Balaban J connectivity index is 1.53. The fourth-order valence-corrected chi connectivity index (χ4v) is 5.89. The number of benzene rings is 1. The van der Waals surface area contributed by atoms with Gasteiger partial charge in [0.1, 0.15) is 5.82 Å². The summed E-state index contributed by atoms with van der Waals surface area (Å²) in [6.07, 6.45) is -0.266. The van der Waals surface area contributed by atoms with Gasteiger partial charge in [-0.05, 0) is 45.4 Å². The molecule has 2 aliphatic heterocycles. The van der Waals surface area contributed by atoms with Crippen LogP contribution in [0.4, 0.5) is 4.39 Å². The Labute approximate surface area is 184 Å². The van der Waals surface area contributed by atoms with Crippen molar-refractivity contribution in [2.24, 2.45) is 0 Å². The van der Waals surface area contributed by atoms with Gasteiger partial charge in [0.15, 0.2) is 0 Å². The minimum atomic E-state index is -3.55. The first-order valence-corrected chi connectivity index (χ1v) is 12.2. The van der Waals surface area contributed by atoms with Crippen LogP contribution >= 0.6 is 0 Å². The lowest BCUT2D eigenvalue weighted by molar-refractivity contribution is -0.127. The maximum absolute atomic E-state index is 13.1. The van der Waals surface area contributed by atoms with E-state index in [-0.39, 0.29) is 30.0 Å². The molecular formula is C21H33FN4O4S. The summed E-state index contributed by atoms with van der Waals surface area (Å²) < 4.78 is 47.8. The fourth-order valence-electron chi connectivity index (χ4n) is 4.14. The summed E-state index contributed by atoms with van der Waals surface area (Å²) in [4.78, 5) is 14.7. The Hall–Kier alpha value is -1.59. The highest BCUT2D eigenvalue weighted by molar-refractivity contribution is 7.86. The molecule has 1 amide bonds. The monoisotopic (exact) mass is 456 g/mol. The highest BCUT2D eigenvalue weighted by Crippen LogP contribution is 2.20. The molecule has 31 heavy (non-hydrogen) atoms. The minimum absolute atomic E-state index is 0.133. The number of piperazine rings is 1. The molecule has 1 N–H and O–H groups in total. The van der Waals surface area contributed by atoms with Crippen LogP contribution in [0, 0.1) is 5.82 Å². The number of halogens is 1. The summed E-state index contributed by atoms with van der Waals surface area (Å²) >= 11 is 0. The molecule has 1 aromatic rings. The first-order chi connectivity index (χ1) is 14.6. The van der Waals surface area contributed by atoms with Gasteiger partial charge in [-0.1, -0.05) is 12.1 Å². The fraction of sp³-hybridized carbons (Fsp3) is 0.667. The number of carbonyl (C=O) groups excluding carboxylic acids is 1. The quantitative estimate of drug-likeness (QED) is 0.699. The van der Waals surface area contributed by atoms with E-state index in [4.69, 9.17) is 4.74 Å². The zero-order valence-electron chi connectivity index (χ0n) is 18.6. The molecule has 174 valence electrons. The van der Waals surface area contributed by atoms with E-state index in [2.05, 4.69) is 5.32 Å². The smallest absolute Gasteiger partial charge is 0.282 e. The van der Waals surface area contributed by atoms with Crippen LogP contribution in [-0.2, 0) is 19.7 Å². The van der Waals surface area contributed by atoms with Crippen LogP contribution in [0.2, 0.25) is 0 Å². The second-order valence-corrected chi connectivity index (χ2v) is 10.4. The number of ether oxygens (including phenoxy) is 1. The van der Waals surface area contributed by atoms with Crippen molar-refractivity contribution in [3.05, 3.63) is 35.6 Å². The van der Waals surface area contributed by atoms with Gasteiger partial charge in [-0.25, -0.2) is 4.39 Å². The summed E-state index contributed by atoms with van der Waals surface area (Å²) in [5.41, 5.74) is 0.826. The standard InChI is InChI=1S/C21H33FN4O4S/c1-15-13-26(14-16(2)30-15)31(28,29)25-11-9-24(10-12-25)18(4)21(27)23-17(3)19-5-7-20(22)8-6-19/h5-8,15-18H,9-14H2,1-4H3,(H,23,27). The lowest BCUT2D eigenvalue weighted by atomic mass is 10.1. The van der Waals surface area contributed by atoms with E-state index < -0.39 is 16.3 Å². The third-order valence-corrected chi connectivity index (χ3v) is 7.94. The van der Waals surface area contributed by atoms with Crippen molar-refractivity contribution in [3.8, 4) is 0 Å². The molecule has 2 fully saturated rings. The summed E-state index contributed by atoms with van der Waals surface area (Å²) in [6, 6.07) is 5.41. The molecule has 4 unspecified atom stereocenters. The average Bonchev–Trinajstić information content (AvgIpc) is 2.73. The van der Waals surface area contributed by atoms with Crippen LogP contribution in [0.5, 0.6) is 0 Å². The van der Waals surface area contributed by atoms with E-state index in [0.29, 0.717) is 39.3 Å². The molecule has 0 radical (unpaired) electrons. The van der Waals surface area contributed by atoms with Gasteiger partial charge in [0, 0.05) is 39.3 Å². The summed E-state index contributed by atoms with van der Waals surface area (Å²) in [5, 5.41) is 2.96. The highest BCUT2D eigenvalue weighted by atomic mass is 32.2. The number of nitrogens with one attached hydrogen (secondary N) is 1. The predicted octanol–water partition coefficient (Wildman–Crippen LogP) is 1.36. The van der Waals surface area contributed by atoms with Gasteiger partial charge in [0.2, 0.25) is 5.91 Å². The molecule has 0 aromatic heterocycles. The van der Waals surface area contributed by atoms with Crippen LogP contribution in [0.25, 0.3) is 0 Å². The Morgan fingerprint density at radius 1 is 1.03 bits per heavy atom. The molecular weight excluding hydrogens is 423 g/mol. The molecule has 0 spiro atoms. The largest absolute Gasteiger partial charge is 0.373 e. The molecule has 4 atom stereocenters. The van der Waals surface area contributed by atoms with Gasteiger partial charge >= 0.3 is 0 Å². The van der Waals surface area contributed by atoms with Crippen LogP contribution in [0.1, 0.15) is 39.3 Å². The molecule has 1 aromatic carbocycles. The Kier molecular flexibility index (Phi) is 7.69. The van der Waals surface area contributed by atoms with Crippen LogP contribution in [0.15, 0.2) is 24.3 Å². The van der Waals surface area contributed by atoms with E-state index in [1.165, 1.54) is 20.7 Å². The average molecular weight is 457 g/mol. The highest BCUT2D eigenvalue weighted by Gasteiger charge is 2.37. The van der Waals surface area contributed by atoms with Crippen molar-refractivity contribution in [2.75, 3.05) is 39.3 Å². The third kappa shape index (κ3) is 5.81. The number of hydrogen-bond acceptors (Lipinski definition) is 5. The second-order valence-electron chi connectivity index (χ2n) is 8.47. The topological polar surface area (TPSA) is 82.2 Å². The minimum Gasteiger partial charge on any atom is -0.373 e. The first-order valence-electron chi connectivity index (χ1n) is 10.8. The van der Waals surface area contributed by atoms with E-state index in [0.717, 1.165) is 5.56 Å². The predicted molar refractivity (Wildman–Crippen MR) is 116 cm³/mol. The molecule has 2 aliphatic rings. The van der Waals surface area contributed by atoms with Crippen molar-refractivity contribution in [1.82, 2.24) is 18.8 Å². The Morgan fingerprint density at radius 3 is 2.13 bits per heavy atom. The maximum atomic E-state index is 13.1. The van der Waals surface area contributed by atoms with E-state index in [1.54, 1.807) is 12.1 Å². The number of amides is 1. The summed E-state index contributed by atoms with van der Waals surface area (Å²) in [7, 11) is -3.55. The van der Waals surface area contributed by atoms with E-state index >= 15 is 0 Å². The van der Waals surface area contributed by atoms with E-state index in [9.17, 15) is 17.6 Å². The van der Waals surface area contributed by atoms with E-state index in [1.807, 2.05) is 32.6 Å². The van der Waals surface area contributed by atoms with Crippen molar-refractivity contribution in [3.63, 3.8) is 0 Å². The van der Waals surface area contributed by atoms with Gasteiger partial charge in [0.25, 0.3) is 10.2 Å². The molecule has 2 heterocycles. The van der Waals surface area contributed by atoms with Gasteiger partial charge in [-0.15, -0.1) is 0 Å². The first kappa shape index (κ1) is 24.1. The lowest BCUT2D eigenvalue weighted by Gasteiger charge is -2.41. The second kappa shape index (κ2) is 9.91. The number of rotatable bonds is 6. The SMILES string of the molecule is CC1CN(S(=O)(=O)N2CCN(C(C)C(=O)NC(C)c3ccc(F)cc3)CC2)CC(C)O1. The zero-order chi connectivity index (χ0) is 22.8. The number of hydrogen-bond donors (Lipinski definition) is 1. The van der Waals surface area contributed by atoms with Crippen LogP contribution in [0.3, 0.4) is 0 Å². The molecule has 2 saturated heterocycles. The van der Waals surface area contributed by atoms with Crippen molar-refractivity contribution >= 4 is 16.1 Å². The molecule has 3 rings (SSSR count). The number of morpholine rings is 1. The maximum Gasteiger partial charge on any atom is 0.282 e. The van der Waals surface area contributed by atoms with Crippen molar-refractivity contribution < 1.29 is 22.3 Å². The van der Waals surface area contributed by atoms with Crippen LogP contribution in [-0.4, -0.2) is 85.4 Å². The van der Waals surface area contributed by atoms with Gasteiger partial charge in [0.05, 0.1) is 24.3 Å². The Bertz CT molecular complexity index is 849. The molecule has 0 aliphatic carbocycles. The van der Waals surface area contributed by atoms with Crippen molar-refractivity contribution in [2.45, 2.75) is 52.0 Å². The van der Waals surface area contributed by atoms with Gasteiger partial charge in [-0.2, -0.15) is 17.0 Å². The van der Waals surface area contributed by atoms with Gasteiger partial charge in [-0.3, -0.25) is 9.69 Å². The lowest BCUT2D eigenvalue weighted by Crippen LogP contribution is -2.59. The van der Waals surface area contributed by atoms with Gasteiger partial charge < -0.3 is 10.1 Å². The number of carbonyl (C=O) groups is 1. The normalized spacial score (nSPS) is 26.4. The summed E-state index contributed by atoms with van der Waals surface area (Å²) in [6.45, 7) is 9.78. The van der Waals surface area contributed by atoms with Crippen molar-refractivity contribution in [1.29, 1.82) is 0 Å². The molecule has 8 nitrogen and oxygen atoms in total. The Morgan fingerprint density at radius 2 is 1.58 bits per heavy atom. The molecule has 0 bridgehead atoms. The summed E-state index contributed by atoms with van der Waals surface area (Å²) in [5.74, 6) is -0.451. The molecule has 10 heteroatoms. The molecule has 0 saturated carbocycles. The zero-order valence-corrected chi connectivity index (χ0v) is 19.4. The van der Waals surface area contributed by atoms with Crippen LogP contribution < -0.4 is 5.32 Å². The third-order valence-electron chi connectivity index (χ3n) is 5.97. The number of nitrogens with zero attached hydrogens (tertiary/aromatic N) is 3.